The number of aliphatic imine (C=N–C) groups is 1. The van der Waals surface area contributed by atoms with E-state index in [2.05, 4.69) is 15.3 Å². The Morgan fingerprint density at radius 1 is 1.15 bits per heavy atom. The van der Waals surface area contributed by atoms with E-state index in [-0.39, 0.29) is 0 Å². The molecule has 0 saturated carbocycles. The van der Waals surface area contributed by atoms with Crippen molar-refractivity contribution in [2.45, 2.75) is 5.60 Å². The highest BCUT2D eigenvalue weighted by molar-refractivity contribution is 6.30. The van der Waals surface area contributed by atoms with Crippen LogP contribution in [0.5, 0.6) is 0 Å². The first-order valence-electron chi connectivity index (χ1n) is 6.40. The summed E-state index contributed by atoms with van der Waals surface area (Å²) in [6, 6.07) is 12.5. The van der Waals surface area contributed by atoms with E-state index in [0.717, 1.165) is 6.54 Å². The Morgan fingerprint density at radius 2 is 1.95 bits per heavy atom. The molecule has 0 amide bonds. The van der Waals surface area contributed by atoms with Gasteiger partial charge in [-0.05, 0) is 29.8 Å². The second-order valence-electron chi connectivity index (χ2n) is 4.59. The number of aliphatic hydroxyl groups is 1. The molecule has 0 unspecified atom stereocenters. The van der Waals surface area contributed by atoms with Gasteiger partial charge in [0.05, 0.1) is 12.2 Å². The highest BCUT2D eigenvalue weighted by Gasteiger charge is 2.40. The van der Waals surface area contributed by atoms with Gasteiger partial charge in [-0.2, -0.15) is 0 Å². The molecule has 2 N–H and O–H groups in total. The molecule has 0 radical (unpaired) electrons. The first-order valence-corrected chi connectivity index (χ1v) is 6.78. The van der Waals surface area contributed by atoms with Crippen LogP contribution in [0.3, 0.4) is 0 Å². The lowest BCUT2D eigenvalue weighted by Gasteiger charge is -2.28. The molecule has 1 atom stereocenters. The average molecular weight is 288 g/mol. The summed E-state index contributed by atoms with van der Waals surface area (Å²) in [6.45, 7) is 1.37. The van der Waals surface area contributed by atoms with Crippen LogP contribution in [-0.2, 0) is 5.60 Å². The van der Waals surface area contributed by atoms with Crippen LogP contribution in [0.4, 0.5) is 0 Å². The molecule has 5 heteroatoms. The molecule has 0 saturated heterocycles. The molecule has 1 aromatic heterocycles. The lowest BCUT2D eigenvalue weighted by Crippen LogP contribution is -2.44. The molecule has 2 aromatic rings. The summed E-state index contributed by atoms with van der Waals surface area (Å²) in [7, 11) is 0. The third-order valence-electron chi connectivity index (χ3n) is 3.31. The van der Waals surface area contributed by atoms with Crippen molar-refractivity contribution in [1.29, 1.82) is 0 Å². The van der Waals surface area contributed by atoms with Gasteiger partial charge in [0.2, 0.25) is 0 Å². The molecule has 0 fully saturated rings. The smallest absolute Gasteiger partial charge is 0.189 e. The second-order valence-corrected chi connectivity index (χ2v) is 5.03. The number of amidine groups is 1. The van der Waals surface area contributed by atoms with Crippen molar-refractivity contribution in [1.82, 2.24) is 10.3 Å². The second kappa shape index (κ2) is 5.23. The molecular formula is C15H14ClN3O. The Balaban J connectivity index is 2.15. The summed E-state index contributed by atoms with van der Waals surface area (Å²) in [5.74, 6) is 0.526. The Kier molecular flexibility index (Phi) is 3.42. The number of halogens is 1. The number of rotatable bonds is 3. The van der Waals surface area contributed by atoms with Crippen molar-refractivity contribution in [2.24, 2.45) is 4.99 Å². The molecule has 1 aromatic carbocycles. The fraction of sp³-hybridized carbons (Fsp3) is 0.200. The molecule has 0 spiro atoms. The zero-order valence-electron chi connectivity index (χ0n) is 10.8. The Bertz CT molecular complexity index is 627. The molecule has 1 aliphatic rings. The first kappa shape index (κ1) is 13.1. The molecule has 1 aliphatic heterocycles. The van der Waals surface area contributed by atoms with Crippen LogP contribution in [0.2, 0.25) is 5.02 Å². The lowest BCUT2D eigenvalue weighted by molar-refractivity contribution is 0.147. The van der Waals surface area contributed by atoms with Crippen LogP contribution in [0.1, 0.15) is 11.3 Å². The number of nitrogens with one attached hydrogen (secondary N) is 1. The van der Waals surface area contributed by atoms with Gasteiger partial charge in [-0.1, -0.05) is 29.8 Å². The highest BCUT2D eigenvalue weighted by atomic mass is 35.5. The molecule has 0 aliphatic carbocycles. The van der Waals surface area contributed by atoms with E-state index in [1.807, 2.05) is 12.1 Å². The van der Waals surface area contributed by atoms with Crippen molar-refractivity contribution in [3.05, 3.63) is 64.9 Å². The molecule has 4 nitrogen and oxygen atoms in total. The maximum atomic E-state index is 11.2. The van der Waals surface area contributed by atoms with Gasteiger partial charge in [-0.25, -0.2) is 0 Å². The Labute approximate surface area is 122 Å². The maximum Gasteiger partial charge on any atom is 0.189 e. The van der Waals surface area contributed by atoms with E-state index in [9.17, 15) is 5.11 Å². The van der Waals surface area contributed by atoms with Crippen molar-refractivity contribution in [2.75, 3.05) is 13.1 Å². The van der Waals surface area contributed by atoms with Gasteiger partial charge in [0.1, 0.15) is 5.84 Å². The zero-order valence-corrected chi connectivity index (χ0v) is 11.5. The number of hydrogen-bond acceptors (Lipinski definition) is 4. The van der Waals surface area contributed by atoms with Crippen molar-refractivity contribution < 1.29 is 5.11 Å². The van der Waals surface area contributed by atoms with Gasteiger partial charge in [0.25, 0.3) is 0 Å². The quantitative estimate of drug-likeness (QED) is 0.907. The summed E-state index contributed by atoms with van der Waals surface area (Å²) in [5, 5.41) is 15.0. The molecule has 20 heavy (non-hydrogen) atoms. The van der Waals surface area contributed by atoms with Gasteiger partial charge in [0.15, 0.2) is 5.60 Å². The third kappa shape index (κ3) is 2.17. The van der Waals surface area contributed by atoms with E-state index in [1.54, 1.807) is 36.5 Å². The van der Waals surface area contributed by atoms with Crippen LogP contribution in [0.15, 0.2) is 53.7 Å². The Hall–Kier alpha value is -1.91. The van der Waals surface area contributed by atoms with E-state index >= 15 is 0 Å². The minimum absolute atomic E-state index is 0.526. The largest absolute Gasteiger partial charge is 0.372 e. The minimum atomic E-state index is -1.37. The first-order chi connectivity index (χ1) is 9.71. The van der Waals surface area contributed by atoms with Gasteiger partial charge in [-0.15, -0.1) is 0 Å². The maximum absolute atomic E-state index is 11.2. The zero-order chi connectivity index (χ0) is 14.0. The Morgan fingerprint density at radius 3 is 2.55 bits per heavy atom. The van der Waals surface area contributed by atoms with E-state index in [4.69, 9.17) is 11.6 Å². The number of hydrogen-bond donors (Lipinski definition) is 2. The molecule has 102 valence electrons. The van der Waals surface area contributed by atoms with Gasteiger partial charge < -0.3 is 10.4 Å². The summed E-state index contributed by atoms with van der Waals surface area (Å²) in [5.41, 5.74) is -0.147. The van der Waals surface area contributed by atoms with Crippen LogP contribution in [0.25, 0.3) is 0 Å². The summed E-state index contributed by atoms with van der Waals surface area (Å²) < 4.78 is 0. The number of aromatic nitrogens is 1. The highest BCUT2D eigenvalue weighted by Crippen LogP contribution is 2.30. The predicted molar refractivity (Wildman–Crippen MR) is 79.0 cm³/mol. The van der Waals surface area contributed by atoms with E-state index < -0.39 is 5.60 Å². The number of nitrogens with zero attached hydrogens (tertiary/aromatic N) is 2. The molecule has 0 bridgehead atoms. The molecular weight excluding hydrogens is 274 g/mol. The van der Waals surface area contributed by atoms with E-state index in [1.165, 1.54) is 0 Å². The fourth-order valence-electron chi connectivity index (χ4n) is 2.31. The van der Waals surface area contributed by atoms with Crippen LogP contribution < -0.4 is 5.32 Å². The summed E-state index contributed by atoms with van der Waals surface area (Å²) >= 11 is 5.92. The van der Waals surface area contributed by atoms with Crippen LogP contribution in [-0.4, -0.2) is 29.0 Å². The van der Waals surface area contributed by atoms with E-state index in [0.29, 0.717) is 28.7 Å². The standard InChI is InChI=1S/C15H14ClN3O/c16-12-6-4-11(5-7-12)15(20,14-18-9-10-19-14)13-3-1-2-8-17-13/h1-8,20H,9-10H2,(H,18,19)/t15-/m1/s1. The minimum Gasteiger partial charge on any atom is -0.372 e. The van der Waals surface area contributed by atoms with Crippen molar-refractivity contribution in [3.8, 4) is 0 Å². The monoisotopic (exact) mass is 287 g/mol. The average Bonchev–Trinajstić information content (AvgIpc) is 3.03. The van der Waals surface area contributed by atoms with Gasteiger partial charge in [0, 0.05) is 17.8 Å². The third-order valence-corrected chi connectivity index (χ3v) is 3.57. The molecule has 2 heterocycles. The van der Waals surface area contributed by atoms with Crippen LogP contribution >= 0.6 is 11.6 Å². The van der Waals surface area contributed by atoms with Crippen molar-refractivity contribution in [3.63, 3.8) is 0 Å². The van der Waals surface area contributed by atoms with Crippen molar-refractivity contribution >= 4 is 17.4 Å². The normalized spacial score (nSPS) is 17.2. The lowest BCUT2D eigenvalue weighted by atomic mass is 9.88. The SMILES string of the molecule is O[C@](C1=NCCN1)(c1ccc(Cl)cc1)c1ccccn1. The number of benzene rings is 1. The van der Waals surface area contributed by atoms with Crippen LogP contribution in [0, 0.1) is 0 Å². The number of pyridine rings is 1. The molecule has 3 rings (SSSR count). The van der Waals surface area contributed by atoms with Gasteiger partial charge in [-0.3, -0.25) is 9.98 Å². The fourth-order valence-corrected chi connectivity index (χ4v) is 2.44. The summed E-state index contributed by atoms with van der Waals surface area (Å²) in [4.78, 5) is 8.66. The van der Waals surface area contributed by atoms with Gasteiger partial charge >= 0.3 is 0 Å². The summed E-state index contributed by atoms with van der Waals surface area (Å²) in [6.07, 6.45) is 1.66. The predicted octanol–water partition coefficient (Wildman–Crippen LogP) is 1.97. The topological polar surface area (TPSA) is 57.5 Å².